The highest BCUT2D eigenvalue weighted by Crippen LogP contribution is 2.26. The minimum atomic E-state index is -0.159. The van der Waals surface area contributed by atoms with E-state index in [-0.39, 0.29) is 12.0 Å². The predicted molar refractivity (Wildman–Crippen MR) is 74.6 cm³/mol. The second kappa shape index (κ2) is 6.58. The molecule has 2 rings (SSSR count). The molecule has 0 saturated heterocycles. The molecule has 0 bridgehead atoms. The number of nitrogens with two attached hydrogens (primary N) is 1. The second-order valence-corrected chi connectivity index (χ2v) is 4.82. The Morgan fingerprint density at radius 1 is 1.40 bits per heavy atom. The van der Waals surface area contributed by atoms with Crippen LogP contribution < -0.4 is 5.73 Å². The number of hydrogen-bond acceptors (Lipinski definition) is 6. The minimum absolute atomic E-state index is 0.159. The molecule has 2 heterocycles. The Morgan fingerprint density at radius 3 is 2.85 bits per heavy atom. The molecule has 0 aliphatic carbocycles. The van der Waals surface area contributed by atoms with Gasteiger partial charge in [0.15, 0.2) is 0 Å². The Balaban J connectivity index is 2.27. The van der Waals surface area contributed by atoms with Gasteiger partial charge in [-0.15, -0.1) is 0 Å². The van der Waals surface area contributed by atoms with E-state index in [9.17, 15) is 0 Å². The van der Waals surface area contributed by atoms with E-state index in [4.69, 9.17) is 15.0 Å². The first kappa shape index (κ1) is 14.6. The van der Waals surface area contributed by atoms with Crippen LogP contribution in [0.5, 0.6) is 0 Å². The Bertz CT molecular complexity index is 554. The largest absolute Gasteiger partial charge is 0.370 e. The van der Waals surface area contributed by atoms with Crippen LogP contribution in [0.15, 0.2) is 22.9 Å². The van der Waals surface area contributed by atoms with Gasteiger partial charge >= 0.3 is 0 Å². The molecule has 108 valence electrons. The van der Waals surface area contributed by atoms with E-state index < -0.39 is 0 Å². The van der Waals surface area contributed by atoms with Crippen molar-refractivity contribution in [1.82, 2.24) is 15.1 Å². The van der Waals surface area contributed by atoms with E-state index in [1.807, 2.05) is 19.1 Å². The lowest BCUT2D eigenvalue weighted by molar-refractivity contribution is 0.0217. The summed E-state index contributed by atoms with van der Waals surface area (Å²) >= 11 is 0. The van der Waals surface area contributed by atoms with E-state index in [1.165, 1.54) is 0 Å². The smallest absolute Gasteiger partial charge is 0.258 e. The molecular weight excluding hydrogens is 256 g/mol. The van der Waals surface area contributed by atoms with Crippen LogP contribution in [0.25, 0.3) is 11.5 Å². The summed E-state index contributed by atoms with van der Waals surface area (Å²) in [4.78, 5) is 8.57. The molecule has 2 aromatic heterocycles. The summed E-state index contributed by atoms with van der Waals surface area (Å²) in [6.07, 6.45) is 1.53. The molecule has 20 heavy (non-hydrogen) atoms. The van der Waals surface area contributed by atoms with Crippen molar-refractivity contribution in [3.63, 3.8) is 0 Å². The number of ether oxygens (including phenoxy) is 1. The topological polar surface area (TPSA) is 87.1 Å². The molecule has 0 spiro atoms. The van der Waals surface area contributed by atoms with Crippen molar-refractivity contribution in [3.8, 4) is 11.5 Å². The molecule has 1 unspecified atom stereocenters. The molecule has 0 saturated carbocycles. The van der Waals surface area contributed by atoms with Gasteiger partial charge in [-0.2, -0.15) is 4.98 Å². The molecule has 6 nitrogen and oxygen atoms in total. The van der Waals surface area contributed by atoms with Crippen LogP contribution in [0.4, 0.5) is 0 Å². The fourth-order valence-corrected chi connectivity index (χ4v) is 1.94. The molecular formula is C14H20N4O2. The van der Waals surface area contributed by atoms with Crippen molar-refractivity contribution < 1.29 is 9.26 Å². The fraction of sp³-hybridized carbons (Fsp3) is 0.500. The van der Waals surface area contributed by atoms with Gasteiger partial charge in [-0.3, -0.25) is 4.98 Å². The summed E-state index contributed by atoms with van der Waals surface area (Å²) in [6.45, 7) is 7.07. The van der Waals surface area contributed by atoms with Gasteiger partial charge in [0.2, 0.25) is 5.82 Å². The maximum atomic E-state index is 5.67. The van der Waals surface area contributed by atoms with Crippen molar-refractivity contribution in [3.05, 3.63) is 29.8 Å². The van der Waals surface area contributed by atoms with Crippen LogP contribution in [0, 0.1) is 5.92 Å². The highest BCUT2D eigenvalue weighted by atomic mass is 16.5. The zero-order valence-electron chi connectivity index (χ0n) is 12.0. The van der Waals surface area contributed by atoms with Crippen LogP contribution in [0.3, 0.4) is 0 Å². The van der Waals surface area contributed by atoms with Crippen LogP contribution in [-0.2, 0) is 11.3 Å². The van der Waals surface area contributed by atoms with Crippen molar-refractivity contribution in [2.45, 2.75) is 33.4 Å². The van der Waals surface area contributed by atoms with Gasteiger partial charge in [-0.1, -0.05) is 19.0 Å². The Labute approximate surface area is 118 Å². The molecule has 1 atom stereocenters. The first-order valence-electron chi connectivity index (χ1n) is 6.76. The summed E-state index contributed by atoms with van der Waals surface area (Å²) in [6, 6.07) is 3.67. The van der Waals surface area contributed by atoms with E-state index in [0.717, 1.165) is 11.3 Å². The molecule has 0 aliphatic heterocycles. The zero-order chi connectivity index (χ0) is 14.5. The molecule has 0 aliphatic rings. The Kier molecular flexibility index (Phi) is 4.81. The van der Waals surface area contributed by atoms with Crippen molar-refractivity contribution in [1.29, 1.82) is 0 Å². The first-order valence-corrected chi connectivity index (χ1v) is 6.76. The Hall–Kier alpha value is -1.79. The van der Waals surface area contributed by atoms with Gasteiger partial charge < -0.3 is 15.0 Å². The number of pyridine rings is 1. The lowest BCUT2D eigenvalue weighted by Gasteiger charge is -2.16. The minimum Gasteiger partial charge on any atom is -0.370 e. The molecule has 0 aromatic carbocycles. The van der Waals surface area contributed by atoms with Gasteiger partial charge in [0.25, 0.3) is 5.89 Å². The van der Waals surface area contributed by atoms with Gasteiger partial charge in [0.05, 0.1) is 5.69 Å². The van der Waals surface area contributed by atoms with Crippen molar-refractivity contribution in [2.75, 3.05) is 6.61 Å². The van der Waals surface area contributed by atoms with E-state index >= 15 is 0 Å². The quantitative estimate of drug-likeness (QED) is 0.871. The van der Waals surface area contributed by atoms with E-state index in [0.29, 0.717) is 24.9 Å². The highest BCUT2D eigenvalue weighted by molar-refractivity contribution is 5.52. The van der Waals surface area contributed by atoms with Gasteiger partial charge in [-0.05, 0) is 25.0 Å². The monoisotopic (exact) mass is 276 g/mol. The van der Waals surface area contributed by atoms with Crippen molar-refractivity contribution >= 4 is 0 Å². The summed E-state index contributed by atoms with van der Waals surface area (Å²) in [5.74, 6) is 1.31. The summed E-state index contributed by atoms with van der Waals surface area (Å²) in [5.41, 5.74) is 7.18. The summed E-state index contributed by atoms with van der Waals surface area (Å²) < 4.78 is 11.0. The SMILES string of the molecule is CCOC(c1noc(-c2ccnc(CN)c2)n1)C(C)C. The average molecular weight is 276 g/mol. The lowest BCUT2D eigenvalue weighted by Crippen LogP contribution is -2.12. The van der Waals surface area contributed by atoms with Gasteiger partial charge in [0.1, 0.15) is 6.10 Å². The maximum Gasteiger partial charge on any atom is 0.258 e. The zero-order valence-corrected chi connectivity index (χ0v) is 12.0. The number of aromatic nitrogens is 3. The fourth-order valence-electron chi connectivity index (χ4n) is 1.94. The summed E-state index contributed by atoms with van der Waals surface area (Å²) in [7, 11) is 0. The van der Waals surface area contributed by atoms with Crippen LogP contribution in [0.2, 0.25) is 0 Å². The van der Waals surface area contributed by atoms with Gasteiger partial charge in [0, 0.05) is 24.9 Å². The number of hydrogen-bond donors (Lipinski definition) is 1. The Morgan fingerprint density at radius 2 is 2.20 bits per heavy atom. The van der Waals surface area contributed by atoms with Crippen molar-refractivity contribution in [2.24, 2.45) is 11.7 Å². The van der Waals surface area contributed by atoms with Gasteiger partial charge in [-0.25, -0.2) is 0 Å². The number of rotatable bonds is 6. The van der Waals surface area contributed by atoms with Crippen LogP contribution in [-0.4, -0.2) is 21.7 Å². The molecule has 0 amide bonds. The number of nitrogens with zero attached hydrogens (tertiary/aromatic N) is 3. The average Bonchev–Trinajstić information content (AvgIpc) is 2.94. The third kappa shape index (κ3) is 3.20. The third-order valence-electron chi connectivity index (χ3n) is 2.92. The van der Waals surface area contributed by atoms with Crippen LogP contribution >= 0.6 is 0 Å². The van der Waals surface area contributed by atoms with E-state index in [1.54, 1.807) is 6.20 Å². The summed E-state index contributed by atoms with van der Waals surface area (Å²) in [5, 5.41) is 4.03. The third-order valence-corrected chi connectivity index (χ3v) is 2.92. The second-order valence-electron chi connectivity index (χ2n) is 4.82. The molecule has 6 heteroatoms. The maximum absolute atomic E-state index is 5.67. The normalized spacial score (nSPS) is 12.8. The predicted octanol–water partition coefficient (Wildman–Crippen LogP) is 2.32. The van der Waals surface area contributed by atoms with Crippen LogP contribution in [0.1, 0.15) is 38.4 Å². The highest BCUT2D eigenvalue weighted by Gasteiger charge is 2.22. The molecule has 2 N–H and O–H groups in total. The lowest BCUT2D eigenvalue weighted by atomic mass is 10.1. The molecule has 0 radical (unpaired) electrons. The first-order chi connectivity index (χ1) is 9.65. The molecule has 2 aromatic rings. The standard InChI is InChI=1S/C14H20N4O2/c1-4-19-12(9(2)3)13-17-14(20-18-13)10-5-6-16-11(7-10)8-15/h5-7,9,12H,4,8,15H2,1-3H3. The molecule has 0 fully saturated rings. The van der Waals surface area contributed by atoms with E-state index in [2.05, 4.69) is 29.0 Å².